The monoisotopic (exact) mass is 297 g/mol. The third-order valence-electron chi connectivity index (χ3n) is 3.01. The van der Waals surface area contributed by atoms with E-state index in [1.165, 1.54) is 12.1 Å². The van der Waals surface area contributed by atoms with E-state index < -0.39 is 5.97 Å². The second kappa shape index (κ2) is 9.88. The molecule has 118 valence electrons. The standard InChI is InChI=1S/C15H23NO5/c17-12-8-6-4-2-1-3-5-7-9-15(20)21-16-13(18)10-11-14(16)19/h6,8,10-11,17-19H,1-5,7,9,12H2. The molecule has 0 saturated heterocycles. The highest BCUT2D eigenvalue weighted by molar-refractivity contribution is 5.69. The fraction of sp³-hybridized carbons (Fsp3) is 0.533. The number of rotatable bonds is 10. The Morgan fingerprint density at radius 2 is 1.67 bits per heavy atom. The lowest BCUT2D eigenvalue weighted by Crippen LogP contribution is -2.18. The first kappa shape index (κ1) is 17.1. The molecular formula is C15H23NO5. The van der Waals surface area contributed by atoms with E-state index in [2.05, 4.69) is 0 Å². The van der Waals surface area contributed by atoms with Crippen molar-refractivity contribution in [1.82, 2.24) is 4.73 Å². The van der Waals surface area contributed by atoms with Gasteiger partial charge in [-0.2, -0.15) is 0 Å². The van der Waals surface area contributed by atoms with Crippen molar-refractivity contribution in [2.24, 2.45) is 0 Å². The number of aromatic hydroxyl groups is 2. The first-order valence-electron chi connectivity index (χ1n) is 7.22. The topological polar surface area (TPSA) is 91.9 Å². The maximum atomic E-state index is 11.5. The zero-order valence-electron chi connectivity index (χ0n) is 12.1. The first-order chi connectivity index (χ1) is 10.1. The number of aliphatic hydroxyl groups excluding tert-OH is 1. The summed E-state index contributed by atoms with van der Waals surface area (Å²) in [5, 5.41) is 27.2. The van der Waals surface area contributed by atoms with Crippen LogP contribution in [0.1, 0.15) is 44.9 Å². The number of carbonyl (C=O) groups is 1. The molecular weight excluding hydrogens is 274 g/mol. The van der Waals surface area contributed by atoms with Gasteiger partial charge in [0.15, 0.2) is 0 Å². The van der Waals surface area contributed by atoms with E-state index in [0.717, 1.165) is 32.1 Å². The summed E-state index contributed by atoms with van der Waals surface area (Å²) >= 11 is 0. The van der Waals surface area contributed by atoms with Crippen LogP contribution in [0.5, 0.6) is 11.8 Å². The van der Waals surface area contributed by atoms with Crippen molar-refractivity contribution in [2.75, 3.05) is 6.61 Å². The largest absolute Gasteiger partial charge is 0.492 e. The fourth-order valence-electron chi connectivity index (χ4n) is 1.90. The Balaban J connectivity index is 2.05. The van der Waals surface area contributed by atoms with Crippen molar-refractivity contribution < 1.29 is 25.0 Å². The number of hydrogen-bond donors (Lipinski definition) is 3. The molecule has 0 bridgehead atoms. The molecule has 0 amide bonds. The summed E-state index contributed by atoms with van der Waals surface area (Å²) in [4.78, 5) is 16.4. The minimum atomic E-state index is -0.484. The van der Waals surface area contributed by atoms with Crippen LogP contribution < -0.4 is 4.84 Å². The van der Waals surface area contributed by atoms with Gasteiger partial charge in [-0.25, -0.2) is 4.79 Å². The second-order valence-electron chi connectivity index (χ2n) is 4.77. The Hall–Kier alpha value is -1.95. The van der Waals surface area contributed by atoms with Gasteiger partial charge in [-0.05, 0) is 19.3 Å². The zero-order valence-corrected chi connectivity index (χ0v) is 12.1. The number of hydrogen-bond acceptors (Lipinski definition) is 5. The van der Waals surface area contributed by atoms with Gasteiger partial charge in [0.2, 0.25) is 11.8 Å². The summed E-state index contributed by atoms with van der Waals surface area (Å²) in [7, 11) is 0. The molecule has 0 aromatic carbocycles. The van der Waals surface area contributed by atoms with E-state index in [-0.39, 0.29) is 24.8 Å². The van der Waals surface area contributed by atoms with Gasteiger partial charge in [-0.15, -0.1) is 4.73 Å². The minimum absolute atomic E-state index is 0.0919. The highest BCUT2D eigenvalue weighted by Gasteiger charge is 2.11. The van der Waals surface area contributed by atoms with Crippen LogP contribution in [0.2, 0.25) is 0 Å². The van der Waals surface area contributed by atoms with Gasteiger partial charge in [0.25, 0.3) is 0 Å². The van der Waals surface area contributed by atoms with E-state index in [0.29, 0.717) is 11.2 Å². The van der Waals surface area contributed by atoms with Gasteiger partial charge >= 0.3 is 5.97 Å². The number of nitrogens with zero attached hydrogens (tertiary/aromatic N) is 1. The summed E-state index contributed by atoms with van der Waals surface area (Å²) in [6.45, 7) is 0.0919. The number of unbranched alkanes of at least 4 members (excludes halogenated alkanes) is 5. The third-order valence-corrected chi connectivity index (χ3v) is 3.01. The van der Waals surface area contributed by atoms with Gasteiger partial charge in [0, 0.05) is 18.6 Å². The summed E-state index contributed by atoms with van der Waals surface area (Å²) < 4.78 is 0.704. The Labute approximate surface area is 124 Å². The maximum Gasteiger partial charge on any atom is 0.333 e. The number of aliphatic hydroxyl groups is 1. The smallest absolute Gasteiger partial charge is 0.333 e. The fourth-order valence-corrected chi connectivity index (χ4v) is 1.90. The highest BCUT2D eigenvalue weighted by Crippen LogP contribution is 2.19. The van der Waals surface area contributed by atoms with Crippen LogP contribution in [0, 0.1) is 0 Å². The summed E-state index contributed by atoms with van der Waals surface area (Å²) in [5.74, 6) is -1.10. The van der Waals surface area contributed by atoms with E-state index in [9.17, 15) is 15.0 Å². The molecule has 21 heavy (non-hydrogen) atoms. The second-order valence-corrected chi connectivity index (χ2v) is 4.77. The predicted octanol–water partition coefficient (Wildman–Crippen LogP) is 2.13. The Morgan fingerprint density at radius 1 is 1.05 bits per heavy atom. The zero-order chi connectivity index (χ0) is 15.5. The average molecular weight is 297 g/mol. The summed E-state index contributed by atoms with van der Waals surface area (Å²) in [5.41, 5.74) is 0. The lowest BCUT2D eigenvalue weighted by Gasteiger charge is -2.06. The van der Waals surface area contributed by atoms with Gasteiger partial charge < -0.3 is 20.2 Å². The number of allylic oxidation sites excluding steroid dienone is 1. The molecule has 0 spiro atoms. The molecule has 1 aromatic rings. The van der Waals surface area contributed by atoms with E-state index in [1.807, 2.05) is 6.08 Å². The molecule has 0 fully saturated rings. The van der Waals surface area contributed by atoms with Crippen molar-refractivity contribution >= 4 is 5.97 Å². The Bertz CT molecular complexity index is 433. The molecule has 0 atom stereocenters. The van der Waals surface area contributed by atoms with Crippen molar-refractivity contribution in [1.29, 1.82) is 0 Å². The molecule has 1 rings (SSSR count). The molecule has 0 aliphatic carbocycles. The Kier molecular flexibility index (Phi) is 8.04. The molecule has 0 saturated carbocycles. The van der Waals surface area contributed by atoms with Gasteiger partial charge in [-0.3, -0.25) is 0 Å². The molecule has 6 heteroatoms. The van der Waals surface area contributed by atoms with Crippen LogP contribution >= 0.6 is 0 Å². The average Bonchev–Trinajstić information content (AvgIpc) is 2.77. The van der Waals surface area contributed by atoms with Crippen molar-refractivity contribution in [3.05, 3.63) is 24.3 Å². The van der Waals surface area contributed by atoms with Gasteiger partial charge in [-0.1, -0.05) is 31.4 Å². The number of aromatic nitrogens is 1. The first-order valence-corrected chi connectivity index (χ1v) is 7.22. The summed E-state index contributed by atoms with van der Waals surface area (Å²) in [6, 6.07) is 2.49. The van der Waals surface area contributed by atoms with Crippen LogP contribution in [0.15, 0.2) is 24.3 Å². The SMILES string of the molecule is O=C(CCCCCCCC=CCO)On1c(O)ccc1O. The van der Waals surface area contributed by atoms with Crippen LogP contribution in [0.25, 0.3) is 0 Å². The highest BCUT2D eigenvalue weighted by atomic mass is 16.7. The van der Waals surface area contributed by atoms with Crippen LogP contribution in [-0.2, 0) is 4.79 Å². The maximum absolute atomic E-state index is 11.5. The predicted molar refractivity (Wildman–Crippen MR) is 77.9 cm³/mol. The van der Waals surface area contributed by atoms with Crippen molar-refractivity contribution in [3.63, 3.8) is 0 Å². The third kappa shape index (κ3) is 6.85. The lowest BCUT2D eigenvalue weighted by molar-refractivity contribution is -0.145. The van der Waals surface area contributed by atoms with Crippen molar-refractivity contribution in [3.8, 4) is 11.8 Å². The summed E-state index contributed by atoms with van der Waals surface area (Å²) in [6.07, 6.45) is 9.78. The van der Waals surface area contributed by atoms with E-state index >= 15 is 0 Å². The molecule has 0 radical (unpaired) electrons. The van der Waals surface area contributed by atoms with Crippen LogP contribution in [0.4, 0.5) is 0 Å². The normalized spacial score (nSPS) is 11.1. The van der Waals surface area contributed by atoms with Crippen LogP contribution in [0.3, 0.4) is 0 Å². The quantitative estimate of drug-likeness (QED) is 0.454. The lowest BCUT2D eigenvalue weighted by atomic mass is 10.1. The molecule has 0 aliphatic heterocycles. The van der Waals surface area contributed by atoms with Crippen LogP contribution in [-0.4, -0.2) is 32.6 Å². The van der Waals surface area contributed by atoms with E-state index in [1.54, 1.807) is 6.08 Å². The van der Waals surface area contributed by atoms with Crippen molar-refractivity contribution in [2.45, 2.75) is 44.9 Å². The molecule has 6 nitrogen and oxygen atoms in total. The van der Waals surface area contributed by atoms with Gasteiger partial charge in [0.1, 0.15) is 0 Å². The molecule has 3 N–H and O–H groups in total. The van der Waals surface area contributed by atoms with E-state index in [4.69, 9.17) is 9.94 Å². The Morgan fingerprint density at radius 3 is 2.33 bits per heavy atom. The number of carbonyl (C=O) groups excluding carboxylic acids is 1. The minimum Gasteiger partial charge on any atom is -0.492 e. The van der Waals surface area contributed by atoms with Gasteiger partial charge in [0.05, 0.1) is 6.61 Å². The molecule has 1 aromatic heterocycles. The molecule has 0 aliphatic rings. The molecule has 1 heterocycles. The molecule has 0 unspecified atom stereocenters.